The van der Waals surface area contributed by atoms with Crippen molar-refractivity contribution in [2.75, 3.05) is 29.9 Å². The Kier molecular flexibility index (Phi) is 5.62. The topological polar surface area (TPSA) is 44.4 Å². The standard InChI is InChI=1S/C17H27N3O/c1-4-20(5-2)15-8-9-16(13(3)12-15)19-17(21)10-11-18-14-6-7-14/h8-9,12,14,18H,4-7,10-11H2,1-3H3,(H,19,21). The molecule has 1 aliphatic carbocycles. The molecule has 0 spiro atoms. The van der Waals surface area contributed by atoms with Crippen LogP contribution in [0.4, 0.5) is 11.4 Å². The zero-order chi connectivity index (χ0) is 15.2. The second kappa shape index (κ2) is 7.46. The molecule has 1 fully saturated rings. The SMILES string of the molecule is CCN(CC)c1ccc(NC(=O)CCNC2CC2)c(C)c1. The summed E-state index contributed by atoms with van der Waals surface area (Å²) in [6.07, 6.45) is 3.05. The summed E-state index contributed by atoms with van der Waals surface area (Å²) in [6, 6.07) is 6.89. The molecule has 0 atom stereocenters. The van der Waals surface area contributed by atoms with E-state index in [0.29, 0.717) is 12.5 Å². The average molecular weight is 289 g/mol. The van der Waals surface area contributed by atoms with Gasteiger partial charge in [0.15, 0.2) is 0 Å². The number of nitrogens with zero attached hydrogens (tertiary/aromatic N) is 1. The Labute approximate surface area is 127 Å². The summed E-state index contributed by atoms with van der Waals surface area (Å²) in [4.78, 5) is 14.2. The van der Waals surface area contributed by atoms with Crippen LogP contribution in [-0.4, -0.2) is 31.6 Å². The van der Waals surface area contributed by atoms with Crippen LogP contribution in [0.5, 0.6) is 0 Å². The number of nitrogens with one attached hydrogen (secondary N) is 2. The normalized spacial score (nSPS) is 14.0. The summed E-state index contributed by atoms with van der Waals surface area (Å²) in [7, 11) is 0. The molecule has 0 saturated heterocycles. The van der Waals surface area contributed by atoms with Gasteiger partial charge < -0.3 is 15.5 Å². The van der Waals surface area contributed by atoms with Crippen molar-refractivity contribution in [3.05, 3.63) is 23.8 Å². The molecule has 2 rings (SSSR count). The van der Waals surface area contributed by atoms with Crippen LogP contribution in [0.1, 0.15) is 38.7 Å². The first kappa shape index (κ1) is 15.8. The van der Waals surface area contributed by atoms with Crippen LogP contribution >= 0.6 is 0 Å². The van der Waals surface area contributed by atoms with E-state index in [1.807, 2.05) is 13.0 Å². The molecule has 0 aliphatic heterocycles. The monoisotopic (exact) mass is 289 g/mol. The molecule has 1 aromatic rings. The van der Waals surface area contributed by atoms with Crippen LogP contribution in [0.15, 0.2) is 18.2 Å². The third-order valence-electron chi connectivity index (χ3n) is 3.98. The van der Waals surface area contributed by atoms with Crippen LogP contribution in [0.25, 0.3) is 0 Å². The Morgan fingerprint density at radius 3 is 2.57 bits per heavy atom. The molecule has 1 saturated carbocycles. The molecular weight excluding hydrogens is 262 g/mol. The van der Waals surface area contributed by atoms with Gasteiger partial charge in [0.05, 0.1) is 0 Å². The Morgan fingerprint density at radius 2 is 2.00 bits per heavy atom. The first-order valence-electron chi connectivity index (χ1n) is 8.02. The summed E-state index contributed by atoms with van der Waals surface area (Å²) in [5, 5.41) is 6.37. The predicted molar refractivity (Wildman–Crippen MR) is 89.0 cm³/mol. The second-order valence-corrected chi connectivity index (χ2v) is 5.70. The lowest BCUT2D eigenvalue weighted by atomic mass is 10.1. The fraction of sp³-hybridized carbons (Fsp3) is 0.588. The van der Waals surface area contributed by atoms with Crippen LogP contribution in [0.3, 0.4) is 0 Å². The maximum atomic E-state index is 11.9. The van der Waals surface area contributed by atoms with E-state index in [9.17, 15) is 4.79 Å². The molecule has 1 aliphatic rings. The van der Waals surface area contributed by atoms with Gasteiger partial charge in [0.1, 0.15) is 0 Å². The molecule has 116 valence electrons. The van der Waals surface area contributed by atoms with Gasteiger partial charge in [0.2, 0.25) is 5.91 Å². The highest BCUT2D eigenvalue weighted by Crippen LogP contribution is 2.23. The van der Waals surface area contributed by atoms with Gasteiger partial charge in [0.25, 0.3) is 0 Å². The van der Waals surface area contributed by atoms with Crippen molar-refractivity contribution in [1.29, 1.82) is 0 Å². The summed E-state index contributed by atoms with van der Waals surface area (Å²) < 4.78 is 0. The second-order valence-electron chi connectivity index (χ2n) is 5.70. The lowest BCUT2D eigenvalue weighted by Crippen LogP contribution is -2.24. The van der Waals surface area contributed by atoms with E-state index in [2.05, 4.69) is 41.5 Å². The van der Waals surface area contributed by atoms with E-state index in [4.69, 9.17) is 0 Å². The highest BCUT2D eigenvalue weighted by Gasteiger charge is 2.20. The summed E-state index contributed by atoms with van der Waals surface area (Å²) in [5.41, 5.74) is 3.25. The van der Waals surface area contributed by atoms with Gasteiger partial charge >= 0.3 is 0 Å². The third kappa shape index (κ3) is 4.74. The Balaban J connectivity index is 1.88. The molecule has 0 radical (unpaired) electrons. The van der Waals surface area contributed by atoms with Gasteiger partial charge in [-0.1, -0.05) is 0 Å². The lowest BCUT2D eigenvalue weighted by molar-refractivity contribution is -0.116. The van der Waals surface area contributed by atoms with Crippen molar-refractivity contribution < 1.29 is 4.79 Å². The van der Waals surface area contributed by atoms with Gasteiger partial charge in [-0.25, -0.2) is 0 Å². The third-order valence-corrected chi connectivity index (χ3v) is 3.98. The van der Waals surface area contributed by atoms with Crippen LogP contribution in [0.2, 0.25) is 0 Å². The van der Waals surface area contributed by atoms with Gasteiger partial charge in [-0.2, -0.15) is 0 Å². The quantitative estimate of drug-likeness (QED) is 0.773. The number of hydrogen-bond acceptors (Lipinski definition) is 3. The van der Waals surface area contributed by atoms with Crippen molar-refractivity contribution in [3.63, 3.8) is 0 Å². The van der Waals surface area contributed by atoms with Crippen molar-refractivity contribution in [1.82, 2.24) is 5.32 Å². The van der Waals surface area contributed by atoms with E-state index in [1.54, 1.807) is 0 Å². The Hall–Kier alpha value is -1.55. The molecule has 0 aromatic heterocycles. The molecule has 0 unspecified atom stereocenters. The minimum atomic E-state index is 0.0850. The number of hydrogen-bond donors (Lipinski definition) is 2. The number of rotatable bonds is 8. The minimum Gasteiger partial charge on any atom is -0.372 e. The van der Waals surface area contributed by atoms with Crippen LogP contribution in [0, 0.1) is 6.92 Å². The van der Waals surface area contributed by atoms with E-state index in [1.165, 1.54) is 18.5 Å². The van der Waals surface area contributed by atoms with Gasteiger partial charge in [0, 0.05) is 43.5 Å². The van der Waals surface area contributed by atoms with Crippen molar-refractivity contribution in [2.45, 2.75) is 46.1 Å². The highest BCUT2D eigenvalue weighted by atomic mass is 16.1. The van der Waals surface area contributed by atoms with E-state index < -0.39 is 0 Å². The van der Waals surface area contributed by atoms with E-state index in [0.717, 1.165) is 30.9 Å². The average Bonchev–Trinajstić information content (AvgIpc) is 3.27. The number of amides is 1. The molecule has 1 amide bonds. The molecule has 0 heterocycles. The Bertz CT molecular complexity index is 479. The van der Waals surface area contributed by atoms with Crippen LogP contribution < -0.4 is 15.5 Å². The van der Waals surface area contributed by atoms with Gasteiger partial charge in [-0.05, 0) is 57.4 Å². The van der Waals surface area contributed by atoms with Crippen molar-refractivity contribution in [3.8, 4) is 0 Å². The summed E-state index contributed by atoms with van der Waals surface area (Å²) in [5.74, 6) is 0.0850. The number of benzene rings is 1. The summed E-state index contributed by atoms with van der Waals surface area (Å²) >= 11 is 0. The van der Waals surface area contributed by atoms with Crippen LogP contribution in [-0.2, 0) is 4.79 Å². The fourth-order valence-electron chi connectivity index (χ4n) is 2.46. The first-order valence-corrected chi connectivity index (χ1v) is 8.02. The molecule has 21 heavy (non-hydrogen) atoms. The largest absolute Gasteiger partial charge is 0.372 e. The minimum absolute atomic E-state index is 0.0850. The molecule has 4 nitrogen and oxygen atoms in total. The zero-order valence-electron chi connectivity index (χ0n) is 13.4. The maximum Gasteiger partial charge on any atom is 0.225 e. The molecule has 0 bridgehead atoms. The van der Waals surface area contributed by atoms with E-state index in [-0.39, 0.29) is 5.91 Å². The molecule has 1 aromatic carbocycles. The Morgan fingerprint density at radius 1 is 1.29 bits per heavy atom. The lowest BCUT2D eigenvalue weighted by Gasteiger charge is -2.22. The highest BCUT2D eigenvalue weighted by molar-refractivity contribution is 5.91. The van der Waals surface area contributed by atoms with Crippen molar-refractivity contribution >= 4 is 17.3 Å². The number of anilines is 2. The number of carbonyl (C=O) groups excluding carboxylic acids is 1. The first-order chi connectivity index (χ1) is 10.1. The van der Waals surface area contributed by atoms with Gasteiger partial charge in [-0.3, -0.25) is 4.79 Å². The summed E-state index contributed by atoms with van der Waals surface area (Å²) in [6.45, 7) is 9.11. The molecule has 4 heteroatoms. The smallest absolute Gasteiger partial charge is 0.225 e. The number of aryl methyl sites for hydroxylation is 1. The zero-order valence-corrected chi connectivity index (χ0v) is 13.4. The van der Waals surface area contributed by atoms with Crippen molar-refractivity contribution in [2.24, 2.45) is 0 Å². The fourth-order valence-corrected chi connectivity index (χ4v) is 2.46. The van der Waals surface area contributed by atoms with E-state index >= 15 is 0 Å². The van der Waals surface area contributed by atoms with Gasteiger partial charge in [-0.15, -0.1) is 0 Å². The number of carbonyl (C=O) groups is 1. The molecular formula is C17H27N3O. The molecule has 2 N–H and O–H groups in total. The predicted octanol–water partition coefficient (Wildman–Crippen LogP) is 2.92. The maximum absolute atomic E-state index is 11.9.